The van der Waals surface area contributed by atoms with Crippen molar-refractivity contribution in [2.45, 2.75) is 13.8 Å². The fourth-order valence-electron chi connectivity index (χ4n) is 3.61. The molecule has 0 aliphatic rings. The van der Waals surface area contributed by atoms with E-state index >= 15 is 0 Å². The summed E-state index contributed by atoms with van der Waals surface area (Å²) >= 11 is 0. The second kappa shape index (κ2) is 8.45. The zero-order chi connectivity index (χ0) is 24.7. The van der Waals surface area contributed by atoms with E-state index in [1.54, 1.807) is 49.0 Å². The van der Waals surface area contributed by atoms with E-state index in [2.05, 4.69) is 25.3 Å². The smallest absolute Gasteiger partial charge is 0.293 e. The lowest BCUT2D eigenvalue weighted by molar-refractivity contribution is 0.0987. The number of hydrogen-bond donors (Lipinski definition) is 2. The number of nitrogens with one attached hydrogen (secondary N) is 1. The number of pyridine rings is 1. The number of nitrogens with zero attached hydrogens (tertiary/aromatic N) is 5. The maximum absolute atomic E-state index is 14.7. The Morgan fingerprint density at radius 2 is 1.89 bits per heavy atom. The van der Waals surface area contributed by atoms with Crippen LogP contribution in [0.2, 0.25) is 0 Å². The number of rotatable bonds is 5. The van der Waals surface area contributed by atoms with Gasteiger partial charge in [0.05, 0.1) is 17.1 Å². The standard InChI is InChI=1S/C24H18FN7O3/c1-12-21(35-13(2)28-12)23(34)29-15-6-7-17(25)16(8-15)20-11-32-10-14(9-27-24(32)31-20)18-4-3-5-19(30-18)22(26)33/h3-11H,1-2H3,(H2,26,33)(H,29,34). The number of anilines is 1. The highest BCUT2D eigenvalue weighted by atomic mass is 19.1. The Balaban J connectivity index is 1.47. The number of halogens is 1. The van der Waals surface area contributed by atoms with E-state index in [0.717, 1.165) is 0 Å². The van der Waals surface area contributed by atoms with E-state index < -0.39 is 17.6 Å². The third-order valence-electron chi connectivity index (χ3n) is 5.22. The lowest BCUT2D eigenvalue weighted by atomic mass is 10.1. The Morgan fingerprint density at radius 3 is 2.63 bits per heavy atom. The van der Waals surface area contributed by atoms with Crippen molar-refractivity contribution in [3.63, 3.8) is 0 Å². The predicted octanol–water partition coefficient (Wildman–Crippen LogP) is 3.55. The van der Waals surface area contributed by atoms with Crippen LogP contribution in [0.3, 0.4) is 0 Å². The maximum atomic E-state index is 14.7. The van der Waals surface area contributed by atoms with Gasteiger partial charge < -0.3 is 15.5 Å². The van der Waals surface area contributed by atoms with Gasteiger partial charge in [-0.1, -0.05) is 6.07 Å². The third kappa shape index (κ3) is 4.22. The van der Waals surface area contributed by atoms with Crippen LogP contribution < -0.4 is 11.1 Å². The van der Waals surface area contributed by atoms with Gasteiger partial charge in [-0.15, -0.1) is 0 Å². The average molecular weight is 471 g/mol. The van der Waals surface area contributed by atoms with Crippen molar-refractivity contribution in [1.82, 2.24) is 24.3 Å². The van der Waals surface area contributed by atoms with Crippen molar-refractivity contribution in [1.29, 1.82) is 0 Å². The molecule has 5 rings (SSSR count). The summed E-state index contributed by atoms with van der Waals surface area (Å²) in [7, 11) is 0. The molecule has 35 heavy (non-hydrogen) atoms. The molecule has 0 unspecified atom stereocenters. The van der Waals surface area contributed by atoms with Gasteiger partial charge in [-0.25, -0.2) is 24.3 Å². The van der Waals surface area contributed by atoms with E-state index in [1.165, 1.54) is 24.3 Å². The number of carbonyl (C=O) groups is 2. The van der Waals surface area contributed by atoms with Gasteiger partial charge in [-0.05, 0) is 37.3 Å². The molecule has 0 radical (unpaired) electrons. The molecule has 4 heterocycles. The van der Waals surface area contributed by atoms with Crippen LogP contribution in [0, 0.1) is 19.7 Å². The highest BCUT2D eigenvalue weighted by molar-refractivity contribution is 6.03. The molecule has 5 aromatic rings. The molecule has 0 fully saturated rings. The van der Waals surface area contributed by atoms with Crippen molar-refractivity contribution in [3.8, 4) is 22.5 Å². The van der Waals surface area contributed by atoms with Gasteiger partial charge in [0.1, 0.15) is 11.5 Å². The second-order valence-electron chi connectivity index (χ2n) is 7.74. The van der Waals surface area contributed by atoms with Crippen molar-refractivity contribution >= 4 is 23.3 Å². The number of aryl methyl sites for hydroxylation is 2. The molecule has 11 heteroatoms. The number of amides is 2. The van der Waals surface area contributed by atoms with E-state index in [1.807, 2.05) is 0 Å². The monoisotopic (exact) mass is 471 g/mol. The Hall–Kier alpha value is -4.93. The fourth-order valence-corrected chi connectivity index (χ4v) is 3.61. The number of hydrogen-bond acceptors (Lipinski definition) is 7. The number of carbonyl (C=O) groups excluding carboxylic acids is 2. The first-order valence-electron chi connectivity index (χ1n) is 10.5. The fraction of sp³-hybridized carbons (Fsp3) is 0.0833. The van der Waals surface area contributed by atoms with Crippen LogP contribution >= 0.6 is 0 Å². The zero-order valence-corrected chi connectivity index (χ0v) is 18.6. The molecule has 4 aromatic heterocycles. The van der Waals surface area contributed by atoms with Crippen LogP contribution in [-0.4, -0.2) is 36.2 Å². The molecular weight excluding hydrogens is 453 g/mol. The number of primary amides is 1. The van der Waals surface area contributed by atoms with Crippen molar-refractivity contribution in [2.24, 2.45) is 5.73 Å². The summed E-state index contributed by atoms with van der Waals surface area (Å²) < 4.78 is 21.7. The number of nitrogens with two attached hydrogens (primary N) is 1. The Morgan fingerprint density at radius 1 is 1.06 bits per heavy atom. The molecule has 2 amide bonds. The highest BCUT2D eigenvalue weighted by Gasteiger charge is 2.18. The number of fused-ring (bicyclic) bond motifs is 1. The minimum Gasteiger partial charge on any atom is -0.436 e. The molecule has 0 saturated heterocycles. The predicted molar refractivity (Wildman–Crippen MR) is 124 cm³/mol. The largest absolute Gasteiger partial charge is 0.436 e. The molecule has 0 bridgehead atoms. The van der Waals surface area contributed by atoms with Gasteiger partial charge in [-0.3, -0.25) is 14.0 Å². The first kappa shape index (κ1) is 21.9. The van der Waals surface area contributed by atoms with Crippen LogP contribution in [0.25, 0.3) is 28.3 Å². The van der Waals surface area contributed by atoms with Crippen LogP contribution in [0.5, 0.6) is 0 Å². The summed E-state index contributed by atoms with van der Waals surface area (Å²) in [6.45, 7) is 3.31. The molecule has 0 aliphatic carbocycles. The Labute approximate surface area is 197 Å². The number of imidazole rings is 1. The number of benzene rings is 1. The summed E-state index contributed by atoms with van der Waals surface area (Å²) in [5, 5.41) is 2.69. The van der Waals surface area contributed by atoms with Gasteiger partial charge in [0, 0.05) is 42.3 Å². The third-order valence-corrected chi connectivity index (χ3v) is 5.22. The summed E-state index contributed by atoms with van der Waals surface area (Å²) in [5.74, 6) is -0.854. The molecule has 0 spiro atoms. The second-order valence-corrected chi connectivity index (χ2v) is 7.74. The quantitative estimate of drug-likeness (QED) is 0.399. The Kier molecular flexibility index (Phi) is 5.28. The van der Waals surface area contributed by atoms with E-state index in [0.29, 0.717) is 40.0 Å². The molecular formula is C24H18FN7O3. The number of oxazole rings is 1. The summed E-state index contributed by atoms with van der Waals surface area (Å²) in [4.78, 5) is 41.0. The molecule has 10 nitrogen and oxygen atoms in total. The molecule has 174 valence electrons. The van der Waals surface area contributed by atoms with Crippen molar-refractivity contribution in [3.05, 3.63) is 83.8 Å². The SMILES string of the molecule is Cc1nc(C)c(C(=O)Nc2ccc(F)c(-c3cn4cc(-c5cccc(C(N)=O)n5)cnc4n3)c2)o1. The summed E-state index contributed by atoms with van der Waals surface area (Å²) in [6.07, 6.45) is 4.87. The minimum absolute atomic E-state index is 0.0897. The average Bonchev–Trinajstić information content (AvgIpc) is 3.42. The van der Waals surface area contributed by atoms with Gasteiger partial charge in [0.25, 0.3) is 11.8 Å². The van der Waals surface area contributed by atoms with Crippen molar-refractivity contribution in [2.75, 3.05) is 5.32 Å². The van der Waals surface area contributed by atoms with Gasteiger partial charge in [0.2, 0.25) is 11.5 Å². The van der Waals surface area contributed by atoms with Crippen LogP contribution in [0.15, 0.2) is 59.4 Å². The maximum Gasteiger partial charge on any atom is 0.293 e. The van der Waals surface area contributed by atoms with Gasteiger partial charge >= 0.3 is 0 Å². The normalized spacial score (nSPS) is 11.1. The molecule has 0 atom stereocenters. The van der Waals surface area contributed by atoms with Gasteiger partial charge in [-0.2, -0.15) is 0 Å². The van der Waals surface area contributed by atoms with Crippen LogP contribution in [0.1, 0.15) is 32.6 Å². The first-order valence-corrected chi connectivity index (χ1v) is 10.5. The molecule has 0 aliphatic heterocycles. The molecule has 0 saturated carbocycles. The van der Waals surface area contributed by atoms with E-state index in [9.17, 15) is 14.0 Å². The lowest BCUT2D eigenvalue weighted by Gasteiger charge is -2.06. The van der Waals surface area contributed by atoms with Crippen molar-refractivity contribution < 1.29 is 18.4 Å². The Bertz CT molecular complexity index is 1620. The topological polar surface area (TPSA) is 141 Å². The first-order chi connectivity index (χ1) is 16.8. The van der Waals surface area contributed by atoms with E-state index in [4.69, 9.17) is 10.2 Å². The van der Waals surface area contributed by atoms with Crippen LogP contribution in [0.4, 0.5) is 10.1 Å². The number of aromatic nitrogens is 5. The van der Waals surface area contributed by atoms with Gasteiger partial charge in [0.15, 0.2) is 5.89 Å². The highest BCUT2D eigenvalue weighted by Crippen LogP contribution is 2.27. The van der Waals surface area contributed by atoms with E-state index in [-0.39, 0.29) is 17.0 Å². The molecule has 3 N–H and O–H groups in total. The zero-order valence-electron chi connectivity index (χ0n) is 18.6. The lowest BCUT2D eigenvalue weighted by Crippen LogP contribution is -2.13. The summed E-state index contributed by atoms with van der Waals surface area (Å²) in [5.41, 5.74) is 7.87. The summed E-state index contributed by atoms with van der Waals surface area (Å²) in [6, 6.07) is 9.07. The van der Waals surface area contributed by atoms with Crippen LogP contribution in [-0.2, 0) is 0 Å². The minimum atomic E-state index is -0.637. The molecule has 1 aromatic carbocycles.